The summed E-state index contributed by atoms with van der Waals surface area (Å²) in [6.07, 6.45) is 0. The first kappa shape index (κ1) is 15.5. The second-order valence-electron chi connectivity index (χ2n) is 4.24. The number of carbonyl (C=O) groups excluding carboxylic acids is 1. The van der Waals surface area contributed by atoms with E-state index in [2.05, 4.69) is 10.6 Å². The molecule has 0 aliphatic rings. The van der Waals surface area contributed by atoms with Crippen LogP contribution in [0.3, 0.4) is 0 Å². The van der Waals surface area contributed by atoms with Crippen LogP contribution in [0.25, 0.3) is 0 Å². The molecule has 2 aromatic carbocycles. The van der Waals surface area contributed by atoms with Crippen LogP contribution in [-0.4, -0.2) is 19.6 Å². The maximum absolute atomic E-state index is 11.8. The molecule has 0 fully saturated rings. The van der Waals surface area contributed by atoms with Gasteiger partial charge in [0.05, 0.1) is 10.0 Å². The minimum absolute atomic E-state index is 0.0842. The standard InChI is InChI=1S/C15H14Cl2N2O2/c1-18-10-2-5-12(6-3-10)21-9-15(20)19-11-4-7-13(16)14(17)8-11/h2-8,18H,9H2,1H3,(H,19,20). The van der Waals surface area contributed by atoms with Crippen LogP contribution >= 0.6 is 23.2 Å². The Morgan fingerprint density at radius 2 is 1.71 bits per heavy atom. The zero-order chi connectivity index (χ0) is 15.2. The predicted molar refractivity (Wildman–Crippen MR) is 86.6 cm³/mol. The molecule has 0 spiro atoms. The molecule has 0 aliphatic carbocycles. The van der Waals surface area contributed by atoms with Gasteiger partial charge in [-0.1, -0.05) is 23.2 Å². The molecule has 110 valence electrons. The molecule has 0 saturated heterocycles. The molecule has 0 radical (unpaired) electrons. The molecule has 4 nitrogen and oxygen atoms in total. The van der Waals surface area contributed by atoms with Crippen LogP contribution in [0.15, 0.2) is 42.5 Å². The van der Waals surface area contributed by atoms with E-state index in [-0.39, 0.29) is 12.5 Å². The third-order valence-electron chi connectivity index (χ3n) is 2.72. The van der Waals surface area contributed by atoms with Crippen molar-refractivity contribution >= 4 is 40.5 Å². The summed E-state index contributed by atoms with van der Waals surface area (Å²) >= 11 is 11.7. The summed E-state index contributed by atoms with van der Waals surface area (Å²) in [5, 5.41) is 6.51. The van der Waals surface area contributed by atoms with Gasteiger partial charge in [0.1, 0.15) is 5.75 Å². The Morgan fingerprint density at radius 3 is 2.33 bits per heavy atom. The monoisotopic (exact) mass is 324 g/mol. The van der Waals surface area contributed by atoms with Gasteiger partial charge in [-0.15, -0.1) is 0 Å². The van der Waals surface area contributed by atoms with Gasteiger partial charge in [-0.3, -0.25) is 4.79 Å². The molecule has 0 atom stereocenters. The third kappa shape index (κ3) is 4.55. The normalized spacial score (nSPS) is 10.0. The first-order chi connectivity index (χ1) is 10.1. The quantitative estimate of drug-likeness (QED) is 0.872. The molecular formula is C15H14Cl2N2O2. The molecule has 2 aromatic rings. The Balaban J connectivity index is 1.87. The van der Waals surface area contributed by atoms with E-state index in [9.17, 15) is 4.79 Å². The lowest BCUT2D eigenvalue weighted by Gasteiger charge is -2.09. The highest BCUT2D eigenvalue weighted by Gasteiger charge is 2.05. The van der Waals surface area contributed by atoms with E-state index in [1.807, 2.05) is 19.2 Å². The van der Waals surface area contributed by atoms with Crippen LogP contribution in [0.5, 0.6) is 5.75 Å². The highest BCUT2D eigenvalue weighted by atomic mass is 35.5. The van der Waals surface area contributed by atoms with Crippen molar-refractivity contribution in [1.82, 2.24) is 0 Å². The second-order valence-corrected chi connectivity index (χ2v) is 5.05. The van der Waals surface area contributed by atoms with Crippen molar-refractivity contribution in [3.63, 3.8) is 0 Å². The van der Waals surface area contributed by atoms with Gasteiger partial charge >= 0.3 is 0 Å². The summed E-state index contributed by atoms with van der Waals surface area (Å²) in [4.78, 5) is 11.8. The van der Waals surface area contributed by atoms with Crippen LogP contribution in [-0.2, 0) is 4.79 Å². The number of benzene rings is 2. The fourth-order valence-corrected chi connectivity index (χ4v) is 1.94. The number of amides is 1. The Kier molecular flexibility index (Phi) is 5.31. The molecule has 0 heterocycles. The fraction of sp³-hybridized carbons (Fsp3) is 0.133. The smallest absolute Gasteiger partial charge is 0.262 e. The van der Waals surface area contributed by atoms with E-state index in [1.165, 1.54) is 0 Å². The van der Waals surface area contributed by atoms with E-state index < -0.39 is 0 Å². The zero-order valence-electron chi connectivity index (χ0n) is 11.3. The Labute approximate surface area is 133 Å². The minimum atomic E-state index is -0.272. The number of ether oxygens (including phenoxy) is 1. The number of nitrogens with one attached hydrogen (secondary N) is 2. The number of rotatable bonds is 5. The lowest BCUT2D eigenvalue weighted by molar-refractivity contribution is -0.118. The lowest BCUT2D eigenvalue weighted by atomic mass is 10.3. The fourth-order valence-electron chi connectivity index (χ4n) is 1.64. The number of hydrogen-bond acceptors (Lipinski definition) is 3. The van der Waals surface area contributed by atoms with E-state index in [0.717, 1.165) is 5.69 Å². The lowest BCUT2D eigenvalue weighted by Crippen LogP contribution is -2.20. The molecule has 0 unspecified atom stereocenters. The molecule has 6 heteroatoms. The molecule has 0 bridgehead atoms. The summed E-state index contributed by atoms with van der Waals surface area (Å²) in [5.41, 5.74) is 1.55. The number of carbonyl (C=O) groups is 1. The molecule has 2 N–H and O–H groups in total. The molecule has 1 amide bonds. The predicted octanol–water partition coefficient (Wildman–Crippen LogP) is 4.05. The Morgan fingerprint density at radius 1 is 1.05 bits per heavy atom. The van der Waals surface area contributed by atoms with Gasteiger partial charge in [0.2, 0.25) is 0 Å². The van der Waals surface area contributed by atoms with Gasteiger partial charge in [0, 0.05) is 18.4 Å². The summed E-state index contributed by atoms with van der Waals surface area (Å²) in [7, 11) is 1.83. The molecule has 0 aromatic heterocycles. The average molecular weight is 325 g/mol. The summed E-state index contributed by atoms with van der Waals surface area (Å²) in [6.45, 7) is -0.0842. The average Bonchev–Trinajstić information content (AvgIpc) is 2.49. The molecule has 21 heavy (non-hydrogen) atoms. The Bertz CT molecular complexity index is 630. The number of hydrogen-bond donors (Lipinski definition) is 2. The highest BCUT2D eigenvalue weighted by molar-refractivity contribution is 6.42. The molecular weight excluding hydrogens is 311 g/mol. The first-order valence-corrected chi connectivity index (χ1v) is 6.99. The van der Waals surface area contributed by atoms with E-state index in [4.69, 9.17) is 27.9 Å². The van der Waals surface area contributed by atoms with Crippen LogP contribution in [0.1, 0.15) is 0 Å². The van der Waals surface area contributed by atoms with Gasteiger partial charge in [-0.05, 0) is 42.5 Å². The van der Waals surface area contributed by atoms with Gasteiger partial charge < -0.3 is 15.4 Å². The van der Waals surface area contributed by atoms with E-state index in [0.29, 0.717) is 21.5 Å². The maximum atomic E-state index is 11.8. The van der Waals surface area contributed by atoms with Crippen LogP contribution in [0, 0.1) is 0 Å². The van der Waals surface area contributed by atoms with Gasteiger partial charge in [-0.2, -0.15) is 0 Å². The highest BCUT2D eigenvalue weighted by Crippen LogP contribution is 2.25. The van der Waals surface area contributed by atoms with Crippen molar-refractivity contribution in [3.05, 3.63) is 52.5 Å². The SMILES string of the molecule is CNc1ccc(OCC(=O)Nc2ccc(Cl)c(Cl)c2)cc1. The van der Waals surface area contributed by atoms with Crippen LogP contribution in [0.2, 0.25) is 10.0 Å². The van der Waals surface area contributed by atoms with Crippen molar-refractivity contribution in [2.45, 2.75) is 0 Å². The Hall–Kier alpha value is -1.91. The topological polar surface area (TPSA) is 50.4 Å². The largest absolute Gasteiger partial charge is 0.484 e. The van der Waals surface area contributed by atoms with Crippen molar-refractivity contribution in [2.75, 3.05) is 24.3 Å². The van der Waals surface area contributed by atoms with Gasteiger partial charge in [0.25, 0.3) is 5.91 Å². The van der Waals surface area contributed by atoms with Crippen molar-refractivity contribution in [1.29, 1.82) is 0 Å². The number of anilines is 2. The maximum Gasteiger partial charge on any atom is 0.262 e. The van der Waals surface area contributed by atoms with Gasteiger partial charge in [0.15, 0.2) is 6.61 Å². The minimum Gasteiger partial charge on any atom is -0.484 e. The summed E-state index contributed by atoms with van der Waals surface area (Å²) in [5.74, 6) is 0.351. The number of halogens is 2. The zero-order valence-corrected chi connectivity index (χ0v) is 12.8. The van der Waals surface area contributed by atoms with Crippen LogP contribution in [0.4, 0.5) is 11.4 Å². The third-order valence-corrected chi connectivity index (χ3v) is 3.46. The molecule has 2 rings (SSSR count). The van der Waals surface area contributed by atoms with E-state index in [1.54, 1.807) is 30.3 Å². The van der Waals surface area contributed by atoms with Crippen molar-refractivity contribution in [2.24, 2.45) is 0 Å². The molecule has 0 aliphatic heterocycles. The van der Waals surface area contributed by atoms with Gasteiger partial charge in [-0.25, -0.2) is 0 Å². The van der Waals surface area contributed by atoms with Crippen LogP contribution < -0.4 is 15.4 Å². The summed E-state index contributed by atoms with van der Waals surface area (Å²) in [6, 6.07) is 12.2. The van der Waals surface area contributed by atoms with E-state index >= 15 is 0 Å². The first-order valence-electron chi connectivity index (χ1n) is 6.24. The molecule has 0 saturated carbocycles. The second kappa shape index (κ2) is 7.20. The van der Waals surface area contributed by atoms with Crippen molar-refractivity contribution < 1.29 is 9.53 Å². The summed E-state index contributed by atoms with van der Waals surface area (Å²) < 4.78 is 5.39. The van der Waals surface area contributed by atoms with Crippen molar-refractivity contribution in [3.8, 4) is 5.75 Å².